The van der Waals surface area contributed by atoms with Gasteiger partial charge in [0.05, 0.1) is 24.2 Å². The largest absolute Gasteiger partial charge is 0.459 e. The monoisotopic (exact) mass is 680 g/mol. The Morgan fingerprint density at radius 1 is 0.959 bits per heavy atom. The molecule has 1 fully saturated rings. The van der Waals surface area contributed by atoms with Gasteiger partial charge in [-0.3, -0.25) is 9.82 Å². The van der Waals surface area contributed by atoms with Crippen molar-refractivity contribution in [2.75, 3.05) is 15.9 Å². The molecular weight excluding hydrogens is 644 g/mol. The number of nitrogens with one attached hydrogen (secondary N) is 2. The van der Waals surface area contributed by atoms with Crippen LogP contribution in [0, 0.1) is 24.3 Å². The van der Waals surface area contributed by atoms with E-state index in [9.17, 15) is 18.0 Å². The molecule has 2 aromatic heterocycles. The number of carbonyl (C=O) groups is 2. The van der Waals surface area contributed by atoms with Crippen molar-refractivity contribution in [2.24, 2.45) is 17.8 Å². The molecule has 252 valence electrons. The Bertz CT molecular complexity index is 2100. The van der Waals surface area contributed by atoms with E-state index < -0.39 is 22.1 Å². The molecule has 0 radical (unpaired) electrons. The Morgan fingerprint density at radius 2 is 1.57 bits per heavy atom. The summed E-state index contributed by atoms with van der Waals surface area (Å²) in [5.74, 6) is -0.0885. The topological polar surface area (TPSA) is 139 Å². The number of aromatic nitrogens is 3. The molecule has 1 aliphatic rings. The van der Waals surface area contributed by atoms with Gasteiger partial charge in [0.25, 0.3) is 5.69 Å². The van der Waals surface area contributed by atoms with Crippen molar-refractivity contribution in [3.05, 3.63) is 102 Å². The van der Waals surface area contributed by atoms with Crippen LogP contribution in [-0.2, 0) is 14.8 Å². The number of aromatic amines is 1. The fourth-order valence-corrected chi connectivity index (χ4v) is 7.24. The average molecular weight is 681 g/mol. The number of hydrogen-bond donors (Lipinski definition) is 2. The van der Waals surface area contributed by atoms with Crippen molar-refractivity contribution in [3.8, 4) is 17.3 Å². The van der Waals surface area contributed by atoms with Crippen LogP contribution >= 0.6 is 0 Å². The molecule has 2 unspecified atom stereocenters. The lowest BCUT2D eigenvalue weighted by Gasteiger charge is -2.37. The third-order valence-electron chi connectivity index (χ3n) is 8.58. The maximum Gasteiger partial charge on any atom is 0.424 e. The molecular formula is C36H36N6O6S. The molecule has 2 heterocycles. The van der Waals surface area contributed by atoms with Gasteiger partial charge in [0, 0.05) is 11.3 Å². The van der Waals surface area contributed by atoms with Gasteiger partial charge in [-0.15, -0.1) is 0 Å². The minimum absolute atomic E-state index is 0.0192. The number of ether oxygens (including phenoxy) is 2. The number of fused-ring (bicyclic) bond motifs is 1. The summed E-state index contributed by atoms with van der Waals surface area (Å²) in [4.78, 5) is 37.8. The Labute approximate surface area is 284 Å². The highest BCUT2D eigenvalue weighted by Crippen LogP contribution is 2.41. The first-order valence-corrected chi connectivity index (χ1v) is 17.8. The van der Waals surface area contributed by atoms with Gasteiger partial charge in [-0.25, -0.2) is 37.3 Å². The van der Waals surface area contributed by atoms with Crippen LogP contribution in [0.4, 0.5) is 27.5 Å². The van der Waals surface area contributed by atoms with Crippen molar-refractivity contribution in [1.82, 2.24) is 14.6 Å². The Morgan fingerprint density at radius 3 is 2.14 bits per heavy atom. The molecule has 1 aliphatic carbocycles. The number of carbonyl (C=O) groups excluding carboxylic acids is 2. The Balaban J connectivity index is 1.47. The summed E-state index contributed by atoms with van der Waals surface area (Å²) in [7, 11) is -3.56. The Kier molecular flexibility index (Phi) is 9.16. The number of nitrogens with zero attached hydrogens (tertiary/aromatic N) is 4. The zero-order valence-electron chi connectivity index (χ0n) is 27.5. The van der Waals surface area contributed by atoms with Gasteiger partial charge in [0.15, 0.2) is 11.5 Å². The van der Waals surface area contributed by atoms with Gasteiger partial charge in [-0.05, 0) is 67.0 Å². The lowest BCUT2D eigenvalue weighted by Crippen LogP contribution is -2.37. The van der Waals surface area contributed by atoms with Crippen LogP contribution in [0.5, 0.6) is 5.88 Å². The number of para-hydroxylation sites is 2. The maximum absolute atomic E-state index is 14.1. The molecule has 0 spiro atoms. The highest BCUT2D eigenvalue weighted by atomic mass is 32.2. The van der Waals surface area contributed by atoms with E-state index in [0.29, 0.717) is 28.5 Å². The van der Waals surface area contributed by atoms with Gasteiger partial charge >= 0.3 is 12.1 Å². The molecule has 0 aliphatic heterocycles. The molecule has 0 bridgehead atoms. The van der Waals surface area contributed by atoms with E-state index >= 15 is 0 Å². The number of benzene rings is 3. The summed E-state index contributed by atoms with van der Waals surface area (Å²) in [5.41, 5.74) is 1.44. The first kappa shape index (κ1) is 33.3. The molecule has 1 saturated carbocycles. The molecule has 2 atom stereocenters. The number of hydrogen-bond acceptors (Lipinski definition) is 7. The average Bonchev–Trinajstić information content (AvgIpc) is 3.61. The minimum atomic E-state index is -3.56. The van der Waals surface area contributed by atoms with E-state index in [0.717, 1.165) is 19.1 Å². The van der Waals surface area contributed by atoms with Crippen molar-refractivity contribution in [1.29, 1.82) is 0 Å². The van der Waals surface area contributed by atoms with Crippen LogP contribution in [0.1, 0.15) is 44.0 Å². The number of H-pyrrole nitrogens is 1. The lowest BCUT2D eigenvalue weighted by atomic mass is 9.75. The van der Waals surface area contributed by atoms with Crippen molar-refractivity contribution in [3.63, 3.8) is 0 Å². The summed E-state index contributed by atoms with van der Waals surface area (Å²) in [5, 5.41) is 3.05. The summed E-state index contributed by atoms with van der Waals surface area (Å²) >= 11 is 0. The predicted molar refractivity (Wildman–Crippen MR) is 187 cm³/mol. The molecule has 49 heavy (non-hydrogen) atoms. The van der Waals surface area contributed by atoms with E-state index in [1.54, 1.807) is 72.8 Å². The van der Waals surface area contributed by atoms with Crippen LogP contribution in [0.25, 0.3) is 21.9 Å². The molecule has 1 amide bonds. The normalized spacial score (nSPS) is 19.2. The molecule has 0 saturated heterocycles. The van der Waals surface area contributed by atoms with Gasteiger partial charge < -0.3 is 9.47 Å². The lowest BCUT2D eigenvalue weighted by molar-refractivity contribution is -0.0249. The number of amides is 1. The fraction of sp³-hybridized carbons (Fsp3) is 0.278. The van der Waals surface area contributed by atoms with Crippen LogP contribution in [0.3, 0.4) is 0 Å². The zero-order valence-corrected chi connectivity index (χ0v) is 28.3. The standard InChI is InChI=1S/C36H36N6O6S/c1-22-19-23(2)31(24(3)20-22)47-35(43)29-30(37-4)34(48-36(44)41(27-15-8-6-9-16-27)28-17-10-7-11-18-28)42-33(29)38-32(39-42)25-13-12-14-26(21-25)40-49(5,45)46/h6-18,21-24,31,40H,19-20H2,1-3,5H3,(H,38,39). The summed E-state index contributed by atoms with van der Waals surface area (Å²) in [6.07, 6.45) is 1.62. The van der Waals surface area contributed by atoms with E-state index in [1.807, 2.05) is 26.0 Å². The van der Waals surface area contributed by atoms with Crippen LogP contribution < -0.4 is 14.4 Å². The van der Waals surface area contributed by atoms with Gasteiger partial charge in [0.1, 0.15) is 11.7 Å². The summed E-state index contributed by atoms with van der Waals surface area (Å²) < 4.78 is 39.6. The van der Waals surface area contributed by atoms with E-state index in [1.165, 1.54) is 9.42 Å². The molecule has 12 nitrogen and oxygen atoms in total. The fourth-order valence-electron chi connectivity index (χ4n) is 6.68. The molecule has 6 rings (SSSR count). The van der Waals surface area contributed by atoms with Gasteiger partial charge in [-0.2, -0.15) is 0 Å². The van der Waals surface area contributed by atoms with E-state index in [4.69, 9.17) is 16.0 Å². The predicted octanol–water partition coefficient (Wildman–Crippen LogP) is 7.82. The first-order chi connectivity index (χ1) is 23.4. The number of rotatable bonds is 8. The van der Waals surface area contributed by atoms with Gasteiger partial charge in [-0.1, -0.05) is 69.3 Å². The third kappa shape index (κ3) is 7.00. The van der Waals surface area contributed by atoms with Crippen LogP contribution in [-0.4, -0.2) is 47.4 Å². The number of sulfonamides is 1. The SMILES string of the molecule is [C-]#[N+]c1c(C(=O)OC2C(C)CC(C)CC2C)c2nc(-c3cccc(NS(C)(=O)=O)c3)[nH]n2c1OC(=O)N(c1ccccc1)c1ccccc1. The van der Waals surface area contributed by atoms with Crippen molar-refractivity contribution < 1.29 is 27.5 Å². The Hall–Kier alpha value is -5.61. The molecule has 13 heteroatoms. The van der Waals surface area contributed by atoms with Gasteiger partial charge in [0.2, 0.25) is 15.9 Å². The number of anilines is 3. The second-order valence-electron chi connectivity index (χ2n) is 12.6. The highest BCUT2D eigenvalue weighted by molar-refractivity contribution is 7.92. The van der Waals surface area contributed by atoms with Crippen LogP contribution in [0.2, 0.25) is 0 Å². The molecule has 5 aromatic rings. The highest BCUT2D eigenvalue weighted by Gasteiger charge is 2.38. The smallest absolute Gasteiger partial charge is 0.424 e. The summed E-state index contributed by atoms with van der Waals surface area (Å²) in [6, 6.07) is 24.3. The quantitative estimate of drug-likeness (QED) is 0.126. The van der Waals surface area contributed by atoms with E-state index in [2.05, 4.69) is 26.6 Å². The van der Waals surface area contributed by atoms with Crippen molar-refractivity contribution in [2.45, 2.75) is 39.7 Å². The molecule has 2 N–H and O–H groups in total. The maximum atomic E-state index is 14.1. The first-order valence-electron chi connectivity index (χ1n) is 15.9. The second-order valence-corrected chi connectivity index (χ2v) is 14.4. The van der Waals surface area contributed by atoms with Crippen molar-refractivity contribution >= 4 is 50.5 Å². The van der Waals surface area contributed by atoms with E-state index in [-0.39, 0.29) is 46.5 Å². The minimum Gasteiger partial charge on any atom is -0.459 e. The number of esters is 1. The zero-order chi connectivity index (χ0) is 34.9. The van der Waals surface area contributed by atoms with Crippen LogP contribution in [0.15, 0.2) is 84.9 Å². The third-order valence-corrected chi connectivity index (χ3v) is 9.18. The molecule has 3 aromatic carbocycles. The summed E-state index contributed by atoms with van der Waals surface area (Å²) in [6.45, 7) is 14.4. The second kappa shape index (κ2) is 13.5.